The average Bonchev–Trinajstić information content (AvgIpc) is 2.67. The molecule has 1 N–H and O–H groups in total. The third-order valence-corrected chi connectivity index (χ3v) is 4.22. The lowest BCUT2D eigenvalue weighted by molar-refractivity contribution is 0.264. The molecule has 0 aromatic rings. The van der Waals surface area contributed by atoms with Crippen molar-refractivity contribution in [2.24, 2.45) is 5.41 Å². The Morgan fingerprint density at radius 3 is 2.53 bits per heavy atom. The van der Waals surface area contributed by atoms with Gasteiger partial charge in [0.25, 0.3) is 0 Å². The molecule has 0 spiro atoms. The number of nitriles is 1. The zero-order chi connectivity index (χ0) is 14.5. The minimum atomic E-state index is -0.330. The Kier molecular flexibility index (Phi) is 5.82. The molecule has 0 saturated carbocycles. The van der Waals surface area contributed by atoms with Crippen molar-refractivity contribution in [1.29, 1.82) is 5.26 Å². The van der Waals surface area contributed by atoms with Crippen LogP contribution >= 0.6 is 0 Å². The van der Waals surface area contributed by atoms with Crippen molar-refractivity contribution < 1.29 is 0 Å². The van der Waals surface area contributed by atoms with Gasteiger partial charge in [0.2, 0.25) is 0 Å². The normalized spacial score (nSPS) is 22.4. The number of hydrogen-bond donors (Lipinski definition) is 1. The molecule has 0 aromatic heterocycles. The number of likely N-dealkylation sites (tertiary alicyclic amines) is 1. The molecule has 110 valence electrons. The Morgan fingerprint density at radius 2 is 2.11 bits per heavy atom. The molecule has 3 nitrogen and oxygen atoms in total. The quantitative estimate of drug-likeness (QED) is 0.768. The fourth-order valence-corrected chi connectivity index (χ4v) is 3.09. The SMILES string of the molecule is CCC(C#N)(CCCN1CCC(C)(C)C1)NC(C)C. The van der Waals surface area contributed by atoms with E-state index in [2.05, 4.69) is 50.9 Å². The second-order valence-corrected chi connectivity index (χ2v) is 7.14. The minimum absolute atomic E-state index is 0.330. The maximum Gasteiger partial charge on any atom is 0.106 e. The summed E-state index contributed by atoms with van der Waals surface area (Å²) in [6.45, 7) is 14.6. The van der Waals surface area contributed by atoms with Gasteiger partial charge in [-0.25, -0.2) is 0 Å². The molecule has 1 heterocycles. The molecular formula is C16H31N3. The maximum atomic E-state index is 9.47. The molecule has 1 unspecified atom stereocenters. The van der Waals surface area contributed by atoms with Crippen LogP contribution in [0.4, 0.5) is 0 Å². The highest BCUT2D eigenvalue weighted by molar-refractivity contribution is 5.07. The van der Waals surface area contributed by atoms with Crippen LogP contribution in [0.3, 0.4) is 0 Å². The largest absolute Gasteiger partial charge is 0.303 e. The molecule has 1 aliphatic rings. The molecule has 3 heteroatoms. The van der Waals surface area contributed by atoms with Gasteiger partial charge in [-0.15, -0.1) is 0 Å². The van der Waals surface area contributed by atoms with Crippen molar-refractivity contribution >= 4 is 0 Å². The van der Waals surface area contributed by atoms with Crippen LogP contribution in [-0.4, -0.2) is 36.1 Å². The van der Waals surface area contributed by atoms with Crippen molar-refractivity contribution in [3.8, 4) is 6.07 Å². The number of hydrogen-bond acceptors (Lipinski definition) is 3. The van der Waals surface area contributed by atoms with E-state index in [1.165, 1.54) is 19.5 Å². The molecule has 0 radical (unpaired) electrons. The molecule has 1 atom stereocenters. The lowest BCUT2D eigenvalue weighted by Crippen LogP contribution is -2.47. The Bertz CT molecular complexity index is 316. The van der Waals surface area contributed by atoms with Gasteiger partial charge in [-0.3, -0.25) is 5.32 Å². The Hall–Kier alpha value is -0.590. The lowest BCUT2D eigenvalue weighted by Gasteiger charge is -2.30. The average molecular weight is 265 g/mol. The summed E-state index contributed by atoms with van der Waals surface area (Å²) >= 11 is 0. The summed E-state index contributed by atoms with van der Waals surface area (Å²) in [7, 11) is 0. The molecule has 1 aliphatic heterocycles. The molecule has 0 aromatic carbocycles. The Morgan fingerprint density at radius 1 is 1.42 bits per heavy atom. The third-order valence-electron chi connectivity index (χ3n) is 4.22. The van der Waals surface area contributed by atoms with E-state index in [4.69, 9.17) is 0 Å². The van der Waals surface area contributed by atoms with Crippen LogP contribution in [0.15, 0.2) is 0 Å². The van der Waals surface area contributed by atoms with Crippen molar-refractivity contribution in [3.63, 3.8) is 0 Å². The maximum absolute atomic E-state index is 9.47. The molecule has 1 rings (SSSR count). The monoisotopic (exact) mass is 265 g/mol. The van der Waals surface area contributed by atoms with E-state index < -0.39 is 0 Å². The lowest BCUT2D eigenvalue weighted by atomic mass is 9.91. The first-order chi connectivity index (χ1) is 8.82. The van der Waals surface area contributed by atoms with Crippen LogP contribution in [0, 0.1) is 16.7 Å². The van der Waals surface area contributed by atoms with Gasteiger partial charge in [0, 0.05) is 12.6 Å². The fraction of sp³-hybridized carbons (Fsp3) is 0.938. The summed E-state index contributed by atoms with van der Waals surface area (Å²) in [5.74, 6) is 0. The van der Waals surface area contributed by atoms with Gasteiger partial charge in [0.15, 0.2) is 0 Å². The van der Waals surface area contributed by atoms with Crippen molar-refractivity contribution in [3.05, 3.63) is 0 Å². The van der Waals surface area contributed by atoms with Gasteiger partial charge in [-0.2, -0.15) is 5.26 Å². The fourth-order valence-electron chi connectivity index (χ4n) is 3.09. The smallest absolute Gasteiger partial charge is 0.106 e. The molecule has 1 saturated heterocycles. The molecule has 0 aliphatic carbocycles. The second kappa shape index (κ2) is 6.72. The molecule has 0 amide bonds. The minimum Gasteiger partial charge on any atom is -0.303 e. The number of nitrogens with one attached hydrogen (secondary N) is 1. The van der Waals surface area contributed by atoms with E-state index in [1.807, 2.05) is 0 Å². The van der Waals surface area contributed by atoms with Crippen LogP contribution in [-0.2, 0) is 0 Å². The van der Waals surface area contributed by atoms with E-state index in [0.717, 1.165) is 25.8 Å². The first-order valence-corrected chi connectivity index (χ1v) is 7.74. The molecule has 19 heavy (non-hydrogen) atoms. The Labute approximate surface area is 119 Å². The first kappa shape index (κ1) is 16.5. The van der Waals surface area contributed by atoms with Gasteiger partial charge in [-0.1, -0.05) is 20.8 Å². The predicted molar refractivity (Wildman–Crippen MR) is 81.0 cm³/mol. The highest BCUT2D eigenvalue weighted by Crippen LogP contribution is 2.29. The van der Waals surface area contributed by atoms with Crippen molar-refractivity contribution in [2.75, 3.05) is 19.6 Å². The van der Waals surface area contributed by atoms with Gasteiger partial charge in [0.1, 0.15) is 5.54 Å². The molecule has 0 bridgehead atoms. The van der Waals surface area contributed by atoms with E-state index in [1.54, 1.807) is 0 Å². The van der Waals surface area contributed by atoms with Gasteiger partial charge in [0.05, 0.1) is 6.07 Å². The van der Waals surface area contributed by atoms with E-state index in [9.17, 15) is 5.26 Å². The van der Waals surface area contributed by atoms with Gasteiger partial charge < -0.3 is 4.90 Å². The van der Waals surface area contributed by atoms with E-state index in [0.29, 0.717) is 11.5 Å². The number of rotatable bonds is 7. The van der Waals surface area contributed by atoms with E-state index >= 15 is 0 Å². The van der Waals surface area contributed by atoms with Gasteiger partial charge >= 0.3 is 0 Å². The van der Waals surface area contributed by atoms with Gasteiger partial charge in [-0.05, 0) is 58.0 Å². The summed E-state index contributed by atoms with van der Waals surface area (Å²) in [4.78, 5) is 2.55. The summed E-state index contributed by atoms with van der Waals surface area (Å²) in [5, 5.41) is 12.9. The topological polar surface area (TPSA) is 39.1 Å². The Balaban J connectivity index is 2.39. The van der Waals surface area contributed by atoms with Crippen LogP contribution < -0.4 is 5.32 Å². The van der Waals surface area contributed by atoms with Crippen LogP contribution in [0.5, 0.6) is 0 Å². The van der Waals surface area contributed by atoms with Crippen LogP contribution in [0.1, 0.15) is 60.3 Å². The van der Waals surface area contributed by atoms with Crippen LogP contribution in [0.25, 0.3) is 0 Å². The first-order valence-electron chi connectivity index (χ1n) is 7.74. The summed E-state index contributed by atoms with van der Waals surface area (Å²) in [6.07, 6.45) is 4.24. The number of nitrogens with zero attached hydrogens (tertiary/aromatic N) is 2. The van der Waals surface area contributed by atoms with Crippen molar-refractivity contribution in [2.45, 2.75) is 71.9 Å². The zero-order valence-corrected chi connectivity index (χ0v) is 13.4. The van der Waals surface area contributed by atoms with E-state index in [-0.39, 0.29) is 5.54 Å². The highest BCUT2D eigenvalue weighted by Gasteiger charge is 2.31. The molecular weight excluding hydrogens is 234 g/mol. The highest BCUT2D eigenvalue weighted by atomic mass is 15.1. The molecule has 1 fully saturated rings. The third kappa shape index (κ3) is 5.12. The zero-order valence-electron chi connectivity index (χ0n) is 13.4. The summed E-state index contributed by atoms with van der Waals surface area (Å²) < 4.78 is 0. The standard InChI is InChI=1S/C16H31N3/c1-6-16(12-17,18-14(2)3)8-7-10-19-11-9-15(4,5)13-19/h14,18H,6-11,13H2,1-5H3. The van der Waals surface area contributed by atoms with Crippen molar-refractivity contribution in [1.82, 2.24) is 10.2 Å². The second-order valence-electron chi connectivity index (χ2n) is 7.14. The predicted octanol–water partition coefficient (Wildman–Crippen LogP) is 3.17. The summed E-state index contributed by atoms with van der Waals surface area (Å²) in [6, 6.07) is 2.87. The van der Waals surface area contributed by atoms with Crippen LogP contribution in [0.2, 0.25) is 0 Å². The summed E-state index contributed by atoms with van der Waals surface area (Å²) in [5.41, 5.74) is 0.149.